The summed E-state index contributed by atoms with van der Waals surface area (Å²) in [4.78, 5) is 32.1. The van der Waals surface area contributed by atoms with Crippen molar-refractivity contribution in [2.75, 3.05) is 6.61 Å². The number of fused-ring (bicyclic) bond motifs is 1. The Bertz CT molecular complexity index is 1800. The second-order valence-electron chi connectivity index (χ2n) is 8.68. The number of benzene rings is 3. The van der Waals surface area contributed by atoms with Crippen LogP contribution >= 0.6 is 11.3 Å². The minimum absolute atomic E-state index is 0.0704. The molecule has 0 saturated carbocycles. The van der Waals surface area contributed by atoms with E-state index in [-0.39, 0.29) is 6.61 Å². The van der Waals surface area contributed by atoms with Crippen molar-refractivity contribution in [3.05, 3.63) is 101 Å². The molecule has 8 nitrogen and oxygen atoms in total. The van der Waals surface area contributed by atoms with Crippen molar-refractivity contribution >= 4 is 56.0 Å². The van der Waals surface area contributed by atoms with E-state index in [4.69, 9.17) is 5.11 Å². The fraction of sp³-hybridized carbons (Fsp3) is 0.107. The van der Waals surface area contributed by atoms with Gasteiger partial charge >= 0.3 is 0 Å². The minimum atomic E-state index is -0.479. The number of hydrogen-bond acceptors (Lipinski definition) is 6. The molecule has 1 aliphatic rings. The third-order valence-electron chi connectivity index (χ3n) is 6.35. The van der Waals surface area contributed by atoms with Crippen LogP contribution < -0.4 is 9.37 Å². The van der Waals surface area contributed by atoms with Gasteiger partial charge in [-0.3, -0.25) is 14.6 Å². The maximum Gasteiger partial charge on any atom is 0.282 e. The van der Waals surface area contributed by atoms with Crippen LogP contribution in [0.2, 0.25) is 0 Å². The average Bonchev–Trinajstić information content (AvgIpc) is 3.24. The Morgan fingerprint density at radius 3 is 2.54 bits per heavy atom. The molecule has 0 saturated heterocycles. The number of para-hydroxylation sites is 1. The fourth-order valence-electron chi connectivity index (χ4n) is 4.48. The van der Waals surface area contributed by atoms with Crippen LogP contribution in [0.25, 0.3) is 21.0 Å². The lowest BCUT2D eigenvalue weighted by Crippen LogP contribution is -2.38. The first-order chi connectivity index (χ1) is 18.0. The first-order valence-corrected chi connectivity index (χ1v) is 12.5. The van der Waals surface area contributed by atoms with Gasteiger partial charge in [0.25, 0.3) is 11.8 Å². The van der Waals surface area contributed by atoms with Crippen molar-refractivity contribution < 1.29 is 19.3 Å². The van der Waals surface area contributed by atoms with Crippen molar-refractivity contribution in [1.29, 1.82) is 0 Å². The summed E-state index contributed by atoms with van der Waals surface area (Å²) in [6, 6.07) is 20.6. The summed E-state index contributed by atoms with van der Waals surface area (Å²) >= 11 is 1.42. The summed E-state index contributed by atoms with van der Waals surface area (Å²) in [5.74, 6) is -0.926. The standard InChI is InChI=1S/C28H22N5O3S/c1-31-23-7-2-3-8-24(23)37-28(31)30-33-26(35)21-6-4-5-19-15-20(16-22(25(19)21)27(33)36)29-17-18-9-11-32(12-10-18)13-14-34/h2-12,15-17,34H,13-14H2,1H3/q+1/b29-17?,30-28-. The zero-order valence-electron chi connectivity index (χ0n) is 19.9. The van der Waals surface area contributed by atoms with E-state index in [1.807, 2.05) is 77.1 Å². The smallest absolute Gasteiger partial charge is 0.282 e. The quantitative estimate of drug-likeness (QED) is 0.224. The van der Waals surface area contributed by atoms with Crippen molar-refractivity contribution in [3.8, 4) is 0 Å². The highest BCUT2D eigenvalue weighted by atomic mass is 32.1. The van der Waals surface area contributed by atoms with E-state index in [1.54, 1.807) is 24.4 Å². The highest BCUT2D eigenvalue weighted by Gasteiger charge is 2.33. The number of aliphatic imine (C=N–C) groups is 1. The molecule has 9 heteroatoms. The Labute approximate surface area is 215 Å². The molecule has 2 amide bonds. The number of carbonyl (C=O) groups is 2. The number of aromatic nitrogens is 2. The van der Waals surface area contributed by atoms with Gasteiger partial charge in [-0.25, -0.2) is 4.57 Å². The number of pyridine rings is 1. The molecule has 3 aromatic carbocycles. The van der Waals surface area contributed by atoms with E-state index >= 15 is 0 Å². The third-order valence-corrected chi connectivity index (χ3v) is 7.45. The van der Waals surface area contributed by atoms with Gasteiger partial charge in [-0.1, -0.05) is 35.6 Å². The molecule has 2 aromatic heterocycles. The molecule has 0 fully saturated rings. The summed E-state index contributed by atoms with van der Waals surface area (Å²) in [6.45, 7) is 0.594. The van der Waals surface area contributed by atoms with Crippen molar-refractivity contribution in [1.82, 2.24) is 9.58 Å². The van der Waals surface area contributed by atoms with E-state index < -0.39 is 11.8 Å². The van der Waals surface area contributed by atoms with Crippen LogP contribution in [0.3, 0.4) is 0 Å². The van der Waals surface area contributed by atoms with Crippen LogP contribution in [0.1, 0.15) is 26.3 Å². The molecule has 182 valence electrons. The Morgan fingerprint density at radius 2 is 1.76 bits per heavy atom. The number of hydrogen-bond donors (Lipinski definition) is 1. The molecule has 1 N–H and O–H groups in total. The summed E-state index contributed by atoms with van der Waals surface area (Å²) in [7, 11) is 1.87. The maximum atomic E-state index is 13.6. The van der Waals surface area contributed by atoms with Crippen LogP contribution in [-0.4, -0.2) is 39.3 Å². The number of nitrogens with zero attached hydrogens (tertiary/aromatic N) is 5. The third kappa shape index (κ3) is 4.04. The molecule has 6 rings (SSSR count). The topological polar surface area (TPSA) is 91.1 Å². The van der Waals surface area contributed by atoms with Gasteiger partial charge in [0.05, 0.1) is 27.0 Å². The van der Waals surface area contributed by atoms with Crippen molar-refractivity contribution in [2.24, 2.45) is 17.1 Å². The molecule has 1 aliphatic heterocycles. The first kappa shape index (κ1) is 23.0. The predicted molar refractivity (Wildman–Crippen MR) is 142 cm³/mol. The van der Waals surface area contributed by atoms with Gasteiger partial charge in [0.2, 0.25) is 4.80 Å². The highest BCUT2D eigenvalue weighted by molar-refractivity contribution is 7.16. The largest absolute Gasteiger partial charge is 0.390 e. The maximum absolute atomic E-state index is 13.6. The summed E-state index contributed by atoms with van der Waals surface area (Å²) in [5, 5.41) is 15.9. The molecular weight excluding hydrogens is 486 g/mol. The lowest BCUT2D eigenvalue weighted by molar-refractivity contribution is -0.698. The van der Waals surface area contributed by atoms with Gasteiger partial charge in [-0.2, -0.15) is 5.01 Å². The number of aryl methyl sites for hydroxylation is 1. The second-order valence-corrected chi connectivity index (χ2v) is 9.69. The molecule has 3 heterocycles. The Morgan fingerprint density at radius 1 is 0.973 bits per heavy atom. The number of aliphatic hydroxyl groups is 1. The molecule has 0 bridgehead atoms. The molecule has 0 aliphatic carbocycles. The summed E-state index contributed by atoms with van der Waals surface area (Å²) < 4.78 is 4.77. The van der Waals surface area contributed by atoms with Gasteiger partial charge < -0.3 is 9.67 Å². The van der Waals surface area contributed by atoms with Gasteiger partial charge in [0, 0.05) is 36.3 Å². The number of rotatable bonds is 5. The summed E-state index contributed by atoms with van der Waals surface area (Å²) in [5.41, 5.74) is 3.28. The van der Waals surface area contributed by atoms with Crippen LogP contribution in [0.5, 0.6) is 0 Å². The number of amides is 2. The van der Waals surface area contributed by atoms with Crippen LogP contribution in [0.15, 0.2) is 89.2 Å². The normalized spacial score (nSPS) is 14.0. The second kappa shape index (κ2) is 9.20. The van der Waals surface area contributed by atoms with E-state index in [0.29, 0.717) is 33.5 Å². The Balaban J connectivity index is 1.42. The summed E-state index contributed by atoms with van der Waals surface area (Å²) in [6.07, 6.45) is 5.46. The SMILES string of the molecule is Cn1/c(=N/N2C(=O)c3cccc4cc(N=Cc5cc[n+](CCO)cc5)cc(c34)C2=O)sc2ccccc21. The lowest BCUT2D eigenvalue weighted by Gasteiger charge is -2.23. The molecule has 37 heavy (non-hydrogen) atoms. The lowest BCUT2D eigenvalue weighted by atomic mass is 9.94. The van der Waals surface area contributed by atoms with Gasteiger partial charge in [0.1, 0.15) is 6.61 Å². The monoisotopic (exact) mass is 508 g/mol. The zero-order valence-corrected chi connectivity index (χ0v) is 20.7. The first-order valence-electron chi connectivity index (χ1n) is 11.7. The average molecular weight is 509 g/mol. The van der Waals surface area contributed by atoms with Crippen molar-refractivity contribution in [2.45, 2.75) is 6.54 Å². The Kier molecular flexibility index (Phi) is 5.71. The highest BCUT2D eigenvalue weighted by Crippen LogP contribution is 2.34. The molecule has 5 aromatic rings. The van der Waals surface area contributed by atoms with E-state index in [0.717, 1.165) is 26.2 Å². The van der Waals surface area contributed by atoms with Gasteiger partial charge in [-0.05, 0) is 35.7 Å². The molecule has 0 radical (unpaired) electrons. The number of aliphatic hydroxyl groups excluding tert-OH is 1. The fourth-order valence-corrected chi connectivity index (χ4v) is 5.49. The van der Waals surface area contributed by atoms with Crippen LogP contribution in [0.4, 0.5) is 5.69 Å². The van der Waals surface area contributed by atoms with E-state index in [2.05, 4.69) is 10.1 Å². The van der Waals surface area contributed by atoms with E-state index in [9.17, 15) is 9.59 Å². The number of carbonyl (C=O) groups excluding carboxylic acids is 2. The molecule has 0 unspecified atom stereocenters. The van der Waals surface area contributed by atoms with Crippen LogP contribution in [-0.2, 0) is 13.6 Å². The van der Waals surface area contributed by atoms with Crippen LogP contribution in [0, 0.1) is 0 Å². The number of imide groups is 1. The minimum Gasteiger partial charge on any atom is -0.390 e. The predicted octanol–water partition coefficient (Wildman–Crippen LogP) is 3.54. The molecular formula is C28H22N5O3S+. The van der Waals surface area contributed by atoms with E-state index in [1.165, 1.54) is 11.3 Å². The zero-order chi connectivity index (χ0) is 25.5. The number of thiazole rings is 1. The molecule has 0 atom stereocenters. The molecule has 0 spiro atoms. The van der Waals surface area contributed by atoms with Gasteiger partial charge in [-0.15, -0.1) is 5.10 Å². The van der Waals surface area contributed by atoms with Crippen molar-refractivity contribution in [3.63, 3.8) is 0 Å². The Hall–Kier alpha value is -4.47. The van der Waals surface area contributed by atoms with Gasteiger partial charge in [0.15, 0.2) is 18.9 Å².